The molecule has 0 aromatic heterocycles. The Morgan fingerprint density at radius 1 is 1.16 bits per heavy atom. The van der Waals surface area contributed by atoms with E-state index in [0.29, 0.717) is 10.6 Å². The van der Waals surface area contributed by atoms with Gasteiger partial charge in [-0.05, 0) is 42.8 Å². The van der Waals surface area contributed by atoms with E-state index in [-0.39, 0.29) is 12.6 Å². The second-order valence-corrected chi connectivity index (χ2v) is 4.83. The van der Waals surface area contributed by atoms with Crippen molar-refractivity contribution < 1.29 is 8.78 Å². The number of rotatable bonds is 4. The van der Waals surface area contributed by atoms with Crippen LogP contribution >= 0.6 is 11.6 Å². The second kappa shape index (κ2) is 6.13. The Morgan fingerprint density at radius 2 is 1.95 bits per heavy atom. The van der Waals surface area contributed by atoms with E-state index in [2.05, 4.69) is 5.32 Å². The molecule has 2 rings (SSSR count). The van der Waals surface area contributed by atoms with Gasteiger partial charge in [0.05, 0.1) is 0 Å². The highest BCUT2D eigenvalue weighted by Crippen LogP contribution is 2.18. The number of hydrogen-bond donors (Lipinski definition) is 1. The molecule has 0 fully saturated rings. The van der Waals surface area contributed by atoms with Crippen LogP contribution in [0.4, 0.5) is 8.78 Å². The van der Waals surface area contributed by atoms with Crippen LogP contribution in [-0.2, 0) is 6.54 Å². The molecule has 0 aliphatic heterocycles. The molecule has 2 aromatic rings. The van der Waals surface area contributed by atoms with Crippen LogP contribution in [-0.4, -0.2) is 0 Å². The molecule has 0 heterocycles. The van der Waals surface area contributed by atoms with Crippen LogP contribution in [0.5, 0.6) is 0 Å². The van der Waals surface area contributed by atoms with Gasteiger partial charge in [-0.1, -0.05) is 23.7 Å². The van der Waals surface area contributed by atoms with Gasteiger partial charge in [0.15, 0.2) is 0 Å². The maximum absolute atomic E-state index is 13.5. The first-order chi connectivity index (χ1) is 9.06. The van der Waals surface area contributed by atoms with Crippen molar-refractivity contribution in [3.05, 3.63) is 70.2 Å². The van der Waals surface area contributed by atoms with E-state index in [0.717, 1.165) is 17.7 Å². The fourth-order valence-corrected chi connectivity index (χ4v) is 2.03. The van der Waals surface area contributed by atoms with Gasteiger partial charge in [0.25, 0.3) is 0 Å². The Hall–Kier alpha value is -1.45. The highest BCUT2D eigenvalue weighted by atomic mass is 35.5. The summed E-state index contributed by atoms with van der Waals surface area (Å²) >= 11 is 5.91. The van der Waals surface area contributed by atoms with Gasteiger partial charge in [0, 0.05) is 23.2 Å². The molecule has 0 spiro atoms. The first-order valence-corrected chi connectivity index (χ1v) is 6.37. The first kappa shape index (κ1) is 14.0. The Morgan fingerprint density at radius 3 is 2.68 bits per heavy atom. The van der Waals surface area contributed by atoms with Gasteiger partial charge in [-0.25, -0.2) is 8.78 Å². The molecular formula is C15H14ClF2N. The molecule has 19 heavy (non-hydrogen) atoms. The SMILES string of the molecule is C[C@H](NCc1cc(F)ccc1F)c1cccc(Cl)c1. The fraction of sp³-hybridized carbons (Fsp3) is 0.200. The highest BCUT2D eigenvalue weighted by molar-refractivity contribution is 6.30. The molecule has 100 valence electrons. The average Bonchev–Trinajstić information content (AvgIpc) is 2.39. The minimum atomic E-state index is -0.436. The summed E-state index contributed by atoms with van der Waals surface area (Å²) in [5.41, 5.74) is 1.32. The number of benzene rings is 2. The molecule has 1 atom stereocenters. The lowest BCUT2D eigenvalue weighted by Crippen LogP contribution is -2.18. The highest BCUT2D eigenvalue weighted by Gasteiger charge is 2.08. The number of nitrogens with one attached hydrogen (secondary N) is 1. The van der Waals surface area contributed by atoms with Gasteiger partial charge in [-0.15, -0.1) is 0 Å². The lowest BCUT2D eigenvalue weighted by molar-refractivity contribution is 0.535. The standard InChI is InChI=1S/C15H14ClF2N/c1-10(11-3-2-4-13(16)7-11)19-9-12-8-14(17)5-6-15(12)18/h2-8,10,19H,9H2,1H3/t10-/m0/s1. The van der Waals surface area contributed by atoms with E-state index in [9.17, 15) is 8.78 Å². The Labute approximate surface area is 116 Å². The van der Waals surface area contributed by atoms with Crippen LogP contribution in [0.3, 0.4) is 0 Å². The van der Waals surface area contributed by atoms with Crippen molar-refractivity contribution in [2.24, 2.45) is 0 Å². The molecule has 0 bridgehead atoms. The van der Waals surface area contributed by atoms with E-state index in [4.69, 9.17) is 11.6 Å². The smallest absolute Gasteiger partial charge is 0.127 e. The summed E-state index contributed by atoms with van der Waals surface area (Å²) in [4.78, 5) is 0. The van der Waals surface area contributed by atoms with Crippen LogP contribution in [0.25, 0.3) is 0 Å². The molecule has 1 nitrogen and oxygen atoms in total. The largest absolute Gasteiger partial charge is 0.306 e. The molecule has 0 saturated carbocycles. The third kappa shape index (κ3) is 3.75. The van der Waals surface area contributed by atoms with Crippen molar-refractivity contribution in [3.63, 3.8) is 0 Å². The van der Waals surface area contributed by atoms with Crippen molar-refractivity contribution in [2.45, 2.75) is 19.5 Å². The van der Waals surface area contributed by atoms with Crippen LogP contribution in [0.2, 0.25) is 5.02 Å². The summed E-state index contributed by atoms with van der Waals surface area (Å²) in [5.74, 6) is -0.846. The van der Waals surface area contributed by atoms with E-state index in [1.54, 1.807) is 6.07 Å². The quantitative estimate of drug-likeness (QED) is 0.872. The van der Waals surface area contributed by atoms with Gasteiger partial charge in [-0.2, -0.15) is 0 Å². The number of halogens is 3. The topological polar surface area (TPSA) is 12.0 Å². The van der Waals surface area contributed by atoms with E-state index < -0.39 is 11.6 Å². The van der Waals surface area contributed by atoms with Gasteiger partial charge < -0.3 is 5.32 Å². The average molecular weight is 282 g/mol. The maximum Gasteiger partial charge on any atom is 0.127 e. The Balaban J connectivity index is 2.04. The van der Waals surface area contributed by atoms with Crippen molar-refractivity contribution in [1.82, 2.24) is 5.32 Å². The molecule has 0 amide bonds. The molecule has 0 aliphatic carbocycles. The second-order valence-electron chi connectivity index (χ2n) is 4.39. The van der Waals surface area contributed by atoms with Crippen LogP contribution in [0, 0.1) is 11.6 Å². The van der Waals surface area contributed by atoms with Gasteiger partial charge in [-0.3, -0.25) is 0 Å². The lowest BCUT2D eigenvalue weighted by Gasteiger charge is -2.15. The molecule has 0 saturated heterocycles. The zero-order valence-corrected chi connectivity index (χ0v) is 11.2. The summed E-state index contributed by atoms with van der Waals surface area (Å²) in [6.45, 7) is 2.21. The van der Waals surface area contributed by atoms with Crippen molar-refractivity contribution in [2.75, 3.05) is 0 Å². The summed E-state index contributed by atoms with van der Waals surface area (Å²) in [5, 5.41) is 3.80. The predicted octanol–water partition coefficient (Wildman–Crippen LogP) is 4.47. The predicted molar refractivity (Wildman–Crippen MR) is 73.1 cm³/mol. The molecule has 0 aliphatic rings. The summed E-state index contributed by atoms with van der Waals surface area (Å²) in [7, 11) is 0. The maximum atomic E-state index is 13.5. The number of hydrogen-bond acceptors (Lipinski definition) is 1. The summed E-state index contributed by atoms with van der Waals surface area (Å²) in [6.07, 6.45) is 0. The van der Waals surface area contributed by atoms with Crippen LogP contribution in [0.1, 0.15) is 24.1 Å². The molecular weight excluding hydrogens is 268 g/mol. The van der Waals surface area contributed by atoms with Gasteiger partial charge in [0.1, 0.15) is 11.6 Å². The van der Waals surface area contributed by atoms with Gasteiger partial charge in [0.2, 0.25) is 0 Å². The van der Waals surface area contributed by atoms with Crippen molar-refractivity contribution in [1.29, 1.82) is 0 Å². The van der Waals surface area contributed by atoms with E-state index in [1.165, 1.54) is 6.07 Å². The zero-order valence-electron chi connectivity index (χ0n) is 10.5. The van der Waals surface area contributed by atoms with Gasteiger partial charge >= 0.3 is 0 Å². The molecule has 2 aromatic carbocycles. The summed E-state index contributed by atoms with van der Waals surface area (Å²) in [6, 6.07) is 10.9. The minimum Gasteiger partial charge on any atom is -0.306 e. The first-order valence-electron chi connectivity index (χ1n) is 5.99. The van der Waals surface area contributed by atoms with E-state index in [1.807, 2.05) is 25.1 Å². The summed E-state index contributed by atoms with van der Waals surface area (Å²) < 4.78 is 26.5. The fourth-order valence-electron chi connectivity index (χ4n) is 1.84. The van der Waals surface area contributed by atoms with Crippen LogP contribution in [0.15, 0.2) is 42.5 Å². The normalized spacial score (nSPS) is 12.4. The Bertz CT molecular complexity index is 572. The Kier molecular flexibility index (Phi) is 4.51. The van der Waals surface area contributed by atoms with Crippen molar-refractivity contribution >= 4 is 11.6 Å². The van der Waals surface area contributed by atoms with Crippen molar-refractivity contribution in [3.8, 4) is 0 Å². The lowest BCUT2D eigenvalue weighted by atomic mass is 10.1. The minimum absolute atomic E-state index is 0.00127. The molecule has 0 radical (unpaired) electrons. The third-order valence-corrected chi connectivity index (χ3v) is 3.19. The molecule has 0 unspecified atom stereocenters. The monoisotopic (exact) mass is 281 g/mol. The molecule has 1 N–H and O–H groups in total. The zero-order chi connectivity index (χ0) is 13.8. The third-order valence-electron chi connectivity index (χ3n) is 2.96. The van der Waals surface area contributed by atoms with Crippen LogP contribution < -0.4 is 5.32 Å². The molecule has 4 heteroatoms. The van der Waals surface area contributed by atoms with E-state index >= 15 is 0 Å².